The van der Waals surface area contributed by atoms with E-state index in [2.05, 4.69) is 50.8 Å². The lowest BCUT2D eigenvalue weighted by Crippen LogP contribution is -2.44. The highest BCUT2D eigenvalue weighted by Crippen LogP contribution is 2.48. The lowest BCUT2D eigenvalue weighted by molar-refractivity contribution is 0.00350. The normalized spacial score (nSPS) is 19.7. The Balaban J connectivity index is 1.44. The van der Waals surface area contributed by atoms with Crippen LogP contribution in [0, 0.1) is 29.6 Å². The van der Waals surface area contributed by atoms with E-state index in [-0.39, 0.29) is 11.5 Å². The summed E-state index contributed by atoms with van der Waals surface area (Å²) in [6, 6.07) is 7.85. The second kappa shape index (κ2) is 11.0. The highest BCUT2D eigenvalue weighted by atomic mass is 35.5. The first-order valence-electron chi connectivity index (χ1n) is 14.0. The molecule has 9 nitrogen and oxygen atoms in total. The molecule has 0 spiro atoms. The number of rotatable bonds is 8. The molecule has 0 amide bonds. The first-order valence-corrected chi connectivity index (χ1v) is 14.4. The van der Waals surface area contributed by atoms with Crippen LogP contribution >= 0.6 is 11.6 Å². The van der Waals surface area contributed by atoms with Crippen LogP contribution < -0.4 is 10.6 Å². The molecule has 1 aromatic carbocycles. The van der Waals surface area contributed by atoms with E-state index >= 15 is 0 Å². The van der Waals surface area contributed by atoms with E-state index in [0.29, 0.717) is 75.9 Å². The molecule has 43 heavy (non-hydrogen) atoms. The number of nitrogens with zero attached hydrogens (tertiary/aromatic N) is 6. The largest absolute Gasteiger partial charge is 0.381 e. The zero-order valence-electron chi connectivity index (χ0n) is 23.8. The lowest BCUT2D eigenvalue weighted by Gasteiger charge is -2.39. The number of pyridine rings is 2. The number of ether oxygens (including phenoxy) is 1. The summed E-state index contributed by atoms with van der Waals surface area (Å²) in [5.74, 6) is -0.645. The minimum Gasteiger partial charge on any atom is -0.381 e. The molecule has 224 valence electrons. The average Bonchev–Trinajstić information content (AvgIpc) is 3.63. The van der Waals surface area contributed by atoms with Crippen LogP contribution in [0.4, 0.5) is 24.5 Å². The number of hydrogen-bond acceptors (Lipinski definition) is 8. The van der Waals surface area contributed by atoms with Gasteiger partial charge in [-0.15, -0.1) is 5.10 Å². The number of hydrogen-bond donors (Lipinski definition) is 2. The molecule has 1 aliphatic carbocycles. The summed E-state index contributed by atoms with van der Waals surface area (Å²) in [7, 11) is 0. The number of fused-ring (bicyclic) bond motifs is 1. The fourth-order valence-corrected chi connectivity index (χ4v) is 5.95. The van der Waals surface area contributed by atoms with Crippen molar-refractivity contribution in [3.05, 3.63) is 70.1 Å². The summed E-state index contributed by atoms with van der Waals surface area (Å²) in [5.41, 5.74) is 1.79. The average molecular weight is 611 g/mol. The van der Waals surface area contributed by atoms with Crippen molar-refractivity contribution < 1.29 is 17.9 Å². The third kappa shape index (κ3) is 5.36. The molecule has 2 atom stereocenters. The molecule has 0 unspecified atom stereocenters. The van der Waals surface area contributed by atoms with Crippen LogP contribution in [0.5, 0.6) is 0 Å². The van der Waals surface area contributed by atoms with Crippen molar-refractivity contribution in [2.75, 3.05) is 23.8 Å². The van der Waals surface area contributed by atoms with Crippen molar-refractivity contribution in [3.8, 4) is 6.07 Å². The monoisotopic (exact) mass is 610 g/mol. The van der Waals surface area contributed by atoms with E-state index in [0.717, 1.165) is 6.42 Å². The van der Waals surface area contributed by atoms with Gasteiger partial charge in [-0.1, -0.05) is 36.7 Å². The van der Waals surface area contributed by atoms with Crippen LogP contribution in [0.25, 0.3) is 10.9 Å². The molecule has 1 saturated carbocycles. The summed E-state index contributed by atoms with van der Waals surface area (Å²) in [4.78, 5) is 8.43. The predicted molar refractivity (Wildman–Crippen MR) is 156 cm³/mol. The maximum absolute atomic E-state index is 14.0. The molecule has 6 rings (SSSR count). The van der Waals surface area contributed by atoms with Crippen LogP contribution in [-0.4, -0.2) is 50.6 Å². The Morgan fingerprint density at radius 1 is 1.23 bits per heavy atom. The van der Waals surface area contributed by atoms with Crippen LogP contribution in [0.3, 0.4) is 0 Å². The maximum atomic E-state index is 14.0. The van der Waals surface area contributed by atoms with E-state index in [1.54, 1.807) is 19.1 Å². The van der Waals surface area contributed by atoms with Crippen molar-refractivity contribution >= 4 is 33.9 Å². The van der Waals surface area contributed by atoms with Crippen molar-refractivity contribution in [2.45, 2.75) is 64.1 Å². The van der Waals surface area contributed by atoms with Gasteiger partial charge in [-0.25, -0.2) is 18.4 Å². The zero-order valence-corrected chi connectivity index (χ0v) is 24.6. The minimum atomic E-state index is -2.59. The van der Waals surface area contributed by atoms with Gasteiger partial charge in [-0.3, -0.25) is 4.98 Å². The van der Waals surface area contributed by atoms with Crippen molar-refractivity contribution in [3.63, 3.8) is 0 Å². The van der Waals surface area contributed by atoms with Crippen LogP contribution in [-0.2, 0) is 10.3 Å². The van der Waals surface area contributed by atoms with Crippen molar-refractivity contribution in [1.82, 2.24) is 25.0 Å². The van der Waals surface area contributed by atoms with Gasteiger partial charge in [0.25, 0.3) is 6.43 Å². The Morgan fingerprint density at radius 3 is 2.70 bits per heavy atom. The van der Waals surface area contributed by atoms with Gasteiger partial charge in [0.15, 0.2) is 0 Å². The van der Waals surface area contributed by atoms with Gasteiger partial charge in [0.2, 0.25) is 5.95 Å². The number of anilines is 2. The summed E-state index contributed by atoms with van der Waals surface area (Å²) in [6.07, 6.45) is 1.77. The number of benzene rings is 1. The molecular weight excluding hydrogens is 581 g/mol. The van der Waals surface area contributed by atoms with Gasteiger partial charge in [-0.05, 0) is 44.4 Å². The summed E-state index contributed by atoms with van der Waals surface area (Å²) in [5, 5.41) is 26.2. The molecule has 0 radical (unpaired) electrons. The summed E-state index contributed by atoms with van der Waals surface area (Å²) < 4.78 is 48.6. The maximum Gasteiger partial charge on any atom is 0.263 e. The highest BCUT2D eigenvalue weighted by molar-refractivity contribution is 6.35. The number of alkyl halides is 2. The number of nitriles is 1. The molecule has 0 bridgehead atoms. The van der Waals surface area contributed by atoms with Crippen molar-refractivity contribution in [2.24, 2.45) is 5.41 Å². The summed E-state index contributed by atoms with van der Waals surface area (Å²) >= 11 is 6.75. The van der Waals surface area contributed by atoms with E-state index in [4.69, 9.17) is 16.3 Å². The SMILES string of the molecule is Cc1nc(F)ccc1[C@H](Nc1cc(Cl)c2ncc(C#N)c(N[C@H]3CCOCC3(C)C)c2c1)c1cn(C2(C(F)F)CC2)nn1. The molecule has 2 aliphatic rings. The Labute approximate surface area is 251 Å². The lowest BCUT2D eigenvalue weighted by atomic mass is 9.81. The third-order valence-electron chi connectivity index (χ3n) is 8.48. The van der Waals surface area contributed by atoms with Gasteiger partial charge in [0, 0.05) is 46.6 Å². The first kappa shape index (κ1) is 29.1. The fraction of sp³-hybridized carbons (Fsp3) is 0.433. The zero-order chi connectivity index (χ0) is 30.5. The van der Waals surface area contributed by atoms with Crippen molar-refractivity contribution in [1.29, 1.82) is 5.26 Å². The first-order chi connectivity index (χ1) is 20.5. The molecule has 2 N–H and O–H groups in total. The minimum absolute atomic E-state index is 0.0228. The molecule has 4 heterocycles. The quantitative estimate of drug-likeness (QED) is 0.221. The smallest absolute Gasteiger partial charge is 0.263 e. The van der Waals surface area contributed by atoms with E-state index in [1.165, 1.54) is 23.1 Å². The number of halogens is 4. The molecular formula is C30H30ClF3N8O. The molecule has 13 heteroatoms. The molecule has 4 aromatic rings. The molecule has 2 fully saturated rings. The van der Waals surface area contributed by atoms with E-state index < -0.39 is 24.0 Å². The second-order valence-corrected chi connectivity index (χ2v) is 12.3. The van der Waals surface area contributed by atoms with E-state index in [1.807, 2.05) is 6.07 Å². The van der Waals surface area contributed by atoms with Gasteiger partial charge >= 0.3 is 0 Å². The van der Waals surface area contributed by atoms with Crippen LogP contribution in [0.1, 0.15) is 61.7 Å². The van der Waals surface area contributed by atoms with Gasteiger partial charge in [0.1, 0.15) is 17.3 Å². The van der Waals surface area contributed by atoms with Crippen LogP contribution in [0.2, 0.25) is 5.02 Å². The highest BCUT2D eigenvalue weighted by Gasteiger charge is 2.54. The number of aryl methyl sites for hydroxylation is 1. The molecule has 3 aromatic heterocycles. The van der Waals surface area contributed by atoms with Crippen LogP contribution in [0.15, 0.2) is 36.7 Å². The Kier molecular flexibility index (Phi) is 7.42. The summed E-state index contributed by atoms with van der Waals surface area (Å²) in [6.45, 7) is 7.04. The van der Waals surface area contributed by atoms with Gasteiger partial charge in [0.05, 0.1) is 40.6 Å². The number of nitrogens with one attached hydrogen (secondary N) is 2. The Bertz CT molecular complexity index is 1730. The van der Waals surface area contributed by atoms with Gasteiger partial charge < -0.3 is 15.4 Å². The number of aromatic nitrogens is 5. The predicted octanol–water partition coefficient (Wildman–Crippen LogP) is 6.38. The third-order valence-corrected chi connectivity index (χ3v) is 8.77. The fourth-order valence-electron chi connectivity index (χ4n) is 5.68. The Morgan fingerprint density at radius 2 is 2.02 bits per heavy atom. The standard InChI is InChI=1S/C30H30ClF3N8O/c1-16-19(4-5-24(32)37-16)27(22-14-42(41-40-22)30(7-8-30)28(33)34)38-18-10-20-25(39-23-6-9-43-15-29(23,2)3)17(12-35)13-36-26(20)21(31)11-18/h4-5,10-11,13-14,23,27-28,38H,6-9,15H2,1-3H3,(H,36,39)/t23-,27-/m0/s1. The molecule has 1 saturated heterocycles. The second-order valence-electron chi connectivity index (χ2n) is 11.9. The Hall–Kier alpha value is -3.95. The molecule has 1 aliphatic heterocycles. The topological polar surface area (TPSA) is 114 Å². The van der Waals surface area contributed by atoms with Gasteiger partial charge in [-0.2, -0.15) is 9.65 Å². The van der Waals surface area contributed by atoms with E-state index in [9.17, 15) is 18.4 Å².